The molecule has 2 rings (SSSR count). The van der Waals surface area contributed by atoms with Crippen molar-refractivity contribution >= 4 is 23.2 Å². The van der Waals surface area contributed by atoms with Crippen LogP contribution in [0.15, 0.2) is 18.2 Å². The van der Waals surface area contributed by atoms with Gasteiger partial charge in [0.1, 0.15) is 0 Å². The van der Waals surface area contributed by atoms with Crippen LogP contribution in [-0.4, -0.2) is 37.4 Å². The van der Waals surface area contributed by atoms with Crippen LogP contribution in [0.1, 0.15) is 45.6 Å². The van der Waals surface area contributed by atoms with Gasteiger partial charge < -0.3 is 15.1 Å². The molecule has 1 fully saturated rings. The van der Waals surface area contributed by atoms with E-state index < -0.39 is 0 Å². The fourth-order valence-corrected chi connectivity index (χ4v) is 2.89. The third-order valence-corrected chi connectivity index (χ3v) is 4.51. The number of nitrogens with one attached hydrogen (secondary N) is 1. The summed E-state index contributed by atoms with van der Waals surface area (Å²) in [5.41, 5.74) is 2.93. The molecule has 25 heavy (non-hydrogen) atoms. The number of hydrogen-bond acceptors (Lipinski definition) is 3. The summed E-state index contributed by atoms with van der Waals surface area (Å²) < 4.78 is 0. The summed E-state index contributed by atoms with van der Waals surface area (Å²) >= 11 is 0. The zero-order chi connectivity index (χ0) is 18.6. The van der Waals surface area contributed by atoms with Crippen molar-refractivity contribution in [3.8, 4) is 0 Å². The van der Waals surface area contributed by atoms with E-state index in [9.17, 15) is 9.59 Å². The predicted octanol–water partition coefficient (Wildman–Crippen LogP) is 3.50. The Bertz CT molecular complexity index is 621. The molecule has 0 heterocycles. The lowest BCUT2D eigenvalue weighted by molar-refractivity contribution is -0.135. The lowest BCUT2D eigenvalue weighted by Gasteiger charge is -2.27. The Morgan fingerprint density at radius 1 is 1.24 bits per heavy atom. The SMILES string of the molecule is CCC(=O)Nc1ccc(N(C)C)c(CN(CC2CC2)C(=O)C(C)C)c1. The standard InChI is InChI=1S/C20H31N3O2/c1-6-19(24)21-17-9-10-18(22(4)5)16(11-17)13-23(12-15-7-8-15)20(25)14(2)3/h9-11,14-15H,6-8,12-13H2,1-5H3,(H,21,24). The van der Waals surface area contributed by atoms with Gasteiger partial charge in [-0.1, -0.05) is 20.8 Å². The maximum absolute atomic E-state index is 12.6. The van der Waals surface area contributed by atoms with Gasteiger partial charge in [-0.2, -0.15) is 0 Å². The normalized spacial score (nSPS) is 13.7. The minimum absolute atomic E-state index is 0.00311. The molecule has 1 saturated carbocycles. The fraction of sp³-hybridized carbons (Fsp3) is 0.600. The van der Waals surface area contributed by atoms with Gasteiger partial charge in [-0.3, -0.25) is 9.59 Å². The van der Waals surface area contributed by atoms with Crippen molar-refractivity contribution in [2.24, 2.45) is 11.8 Å². The summed E-state index contributed by atoms with van der Waals surface area (Å²) in [4.78, 5) is 28.4. The number of anilines is 2. The molecule has 0 spiro atoms. The highest BCUT2D eigenvalue weighted by Crippen LogP contribution is 2.32. The lowest BCUT2D eigenvalue weighted by atomic mass is 10.1. The molecule has 1 aromatic carbocycles. The predicted molar refractivity (Wildman–Crippen MR) is 103 cm³/mol. The largest absolute Gasteiger partial charge is 0.377 e. The molecule has 0 aliphatic heterocycles. The molecule has 1 N–H and O–H groups in total. The van der Waals surface area contributed by atoms with Gasteiger partial charge in [-0.25, -0.2) is 0 Å². The average Bonchev–Trinajstić information content (AvgIpc) is 3.37. The zero-order valence-electron chi connectivity index (χ0n) is 16.1. The maximum Gasteiger partial charge on any atom is 0.225 e. The molecular formula is C20H31N3O2. The second-order valence-electron chi connectivity index (χ2n) is 7.46. The summed E-state index contributed by atoms with van der Waals surface area (Å²) in [6.45, 7) is 7.15. The molecule has 5 heteroatoms. The fourth-order valence-electron chi connectivity index (χ4n) is 2.89. The number of nitrogens with zero attached hydrogens (tertiary/aromatic N) is 2. The van der Waals surface area contributed by atoms with E-state index in [4.69, 9.17) is 0 Å². The van der Waals surface area contributed by atoms with Crippen LogP contribution in [-0.2, 0) is 16.1 Å². The Kier molecular flexibility index (Phi) is 6.45. The maximum atomic E-state index is 12.6. The summed E-state index contributed by atoms with van der Waals surface area (Å²) in [6, 6.07) is 5.92. The quantitative estimate of drug-likeness (QED) is 0.784. The van der Waals surface area contributed by atoms with E-state index in [1.807, 2.05) is 58.0 Å². The van der Waals surface area contributed by atoms with Crippen LogP contribution in [0.2, 0.25) is 0 Å². The van der Waals surface area contributed by atoms with Crippen molar-refractivity contribution < 1.29 is 9.59 Å². The molecule has 1 aliphatic rings. The van der Waals surface area contributed by atoms with E-state index >= 15 is 0 Å². The van der Waals surface area contributed by atoms with Gasteiger partial charge in [0.25, 0.3) is 0 Å². The summed E-state index contributed by atoms with van der Waals surface area (Å²) in [5, 5.41) is 2.92. The molecule has 0 radical (unpaired) electrons. The Labute approximate surface area is 151 Å². The number of amides is 2. The number of carbonyl (C=O) groups excluding carboxylic acids is 2. The van der Waals surface area contributed by atoms with Gasteiger partial charge in [0.05, 0.1) is 0 Å². The van der Waals surface area contributed by atoms with Crippen molar-refractivity contribution in [3.05, 3.63) is 23.8 Å². The molecule has 0 atom stereocenters. The Morgan fingerprint density at radius 3 is 2.44 bits per heavy atom. The smallest absolute Gasteiger partial charge is 0.225 e. The van der Waals surface area contributed by atoms with Crippen molar-refractivity contribution in [2.75, 3.05) is 30.9 Å². The van der Waals surface area contributed by atoms with Crippen LogP contribution in [0, 0.1) is 11.8 Å². The van der Waals surface area contributed by atoms with Crippen molar-refractivity contribution in [3.63, 3.8) is 0 Å². The van der Waals surface area contributed by atoms with Crippen LogP contribution < -0.4 is 10.2 Å². The number of carbonyl (C=O) groups is 2. The van der Waals surface area contributed by atoms with E-state index in [2.05, 4.69) is 10.2 Å². The third-order valence-electron chi connectivity index (χ3n) is 4.51. The lowest BCUT2D eigenvalue weighted by Crippen LogP contribution is -2.35. The summed E-state index contributed by atoms with van der Waals surface area (Å²) in [7, 11) is 4.00. The first kappa shape index (κ1) is 19.3. The van der Waals surface area contributed by atoms with Crippen molar-refractivity contribution in [1.29, 1.82) is 0 Å². The van der Waals surface area contributed by atoms with Crippen LogP contribution in [0.5, 0.6) is 0 Å². The van der Waals surface area contributed by atoms with Gasteiger partial charge in [0.15, 0.2) is 0 Å². The van der Waals surface area contributed by atoms with Gasteiger partial charge in [-0.05, 0) is 42.5 Å². The molecule has 0 saturated heterocycles. The molecular weight excluding hydrogens is 314 g/mol. The highest BCUT2D eigenvalue weighted by Gasteiger charge is 2.28. The van der Waals surface area contributed by atoms with Gasteiger partial charge in [0.2, 0.25) is 11.8 Å². The number of rotatable bonds is 8. The van der Waals surface area contributed by atoms with Crippen molar-refractivity contribution in [2.45, 2.75) is 46.6 Å². The van der Waals surface area contributed by atoms with E-state index in [0.29, 0.717) is 18.9 Å². The van der Waals surface area contributed by atoms with Crippen LogP contribution >= 0.6 is 0 Å². The molecule has 1 aromatic rings. The Balaban J connectivity index is 2.26. The summed E-state index contributed by atoms with van der Waals surface area (Å²) in [5.74, 6) is 0.828. The topological polar surface area (TPSA) is 52.7 Å². The number of hydrogen-bond donors (Lipinski definition) is 1. The third kappa shape index (κ3) is 5.48. The van der Waals surface area contributed by atoms with E-state index in [1.54, 1.807) is 0 Å². The first-order valence-electron chi connectivity index (χ1n) is 9.20. The number of benzene rings is 1. The van der Waals surface area contributed by atoms with E-state index in [-0.39, 0.29) is 17.7 Å². The van der Waals surface area contributed by atoms with Crippen LogP contribution in [0.3, 0.4) is 0 Å². The van der Waals surface area contributed by atoms with E-state index in [1.165, 1.54) is 12.8 Å². The first-order valence-corrected chi connectivity index (χ1v) is 9.20. The minimum Gasteiger partial charge on any atom is -0.377 e. The first-order chi connectivity index (χ1) is 11.8. The second-order valence-corrected chi connectivity index (χ2v) is 7.46. The monoisotopic (exact) mass is 345 g/mol. The van der Waals surface area contributed by atoms with Gasteiger partial charge >= 0.3 is 0 Å². The Hall–Kier alpha value is -2.04. The highest BCUT2D eigenvalue weighted by molar-refractivity contribution is 5.91. The molecule has 138 valence electrons. The van der Waals surface area contributed by atoms with Crippen molar-refractivity contribution in [1.82, 2.24) is 4.90 Å². The zero-order valence-corrected chi connectivity index (χ0v) is 16.1. The van der Waals surface area contributed by atoms with E-state index in [0.717, 1.165) is 23.5 Å². The molecule has 0 unspecified atom stereocenters. The summed E-state index contributed by atoms with van der Waals surface area (Å²) in [6.07, 6.45) is 2.88. The minimum atomic E-state index is -0.00969. The van der Waals surface area contributed by atoms with Gasteiger partial charge in [0, 0.05) is 50.9 Å². The molecule has 0 bridgehead atoms. The molecule has 0 aromatic heterocycles. The molecule has 5 nitrogen and oxygen atoms in total. The highest BCUT2D eigenvalue weighted by atomic mass is 16.2. The molecule has 1 aliphatic carbocycles. The second kappa shape index (κ2) is 8.37. The Morgan fingerprint density at radius 2 is 1.92 bits per heavy atom. The molecule has 2 amide bonds. The van der Waals surface area contributed by atoms with Gasteiger partial charge in [-0.15, -0.1) is 0 Å². The van der Waals surface area contributed by atoms with Crippen LogP contribution in [0.25, 0.3) is 0 Å². The van der Waals surface area contributed by atoms with Crippen LogP contribution in [0.4, 0.5) is 11.4 Å². The average molecular weight is 345 g/mol.